The Balaban J connectivity index is 1.69. The Bertz CT molecular complexity index is 559. The fraction of sp³-hybridized carbons (Fsp3) is 0.462. The van der Waals surface area contributed by atoms with Crippen molar-refractivity contribution in [1.82, 2.24) is 25.3 Å². The Labute approximate surface area is 122 Å². The topological polar surface area (TPSA) is 81.7 Å². The summed E-state index contributed by atoms with van der Waals surface area (Å²) in [6.45, 7) is 8.26. The van der Waals surface area contributed by atoms with Gasteiger partial charge in [0.25, 0.3) is 0 Å². The van der Waals surface area contributed by atoms with Crippen molar-refractivity contribution in [2.45, 2.75) is 32.9 Å². The van der Waals surface area contributed by atoms with Crippen molar-refractivity contribution in [3.8, 4) is 0 Å². The van der Waals surface area contributed by atoms with Crippen LogP contribution >= 0.6 is 11.3 Å². The molecule has 0 saturated carbocycles. The van der Waals surface area contributed by atoms with Crippen LogP contribution < -0.4 is 11.1 Å². The van der Waals surface area contributed by atoms with E-state index in [0.29, 0.717) is 5.13 Å². The van der Waals surface area contributed by atoms with Gasteiger partial charge in [0, 0.05) is 24.7 Å². The van der Waals surface area contributed by atoms with E-state index in [4.69, 9.17) is 5.73 Å². The molecule has 2 aromatic heterocycles. The molecule has 0 saturated heterocycles. The van der Waals surface area contributed by atoms with E-state index in [1.807, 2.05) is 17.7 Å². The molecule has 0 unspecified atom stereocenters. The van der Waals surface area contributed by atoms with Gasteiger partial charge >= 0.3 is 0 Å². The number of anilines is 1. The number of nitrogens with zero attached hydrogens (tertiary/aromatic N) is 4. The standard InChI is InChI=1S/C13H20N6S/c1-3-7-19-9-11(10(2)18-19)8-15-6-4-5-12-16-17-13(14)20-12/h3,9,15H,1,4-8H2,2H3,(H2,14,17). The molecule has 108 valence electrons. The minimum absolute atomic E-state index is 0.540. The van der Waals surface area contributed by atoms with E-state index in [-0.39, 0.29) is 0 Å². The molecule has 0 aliphatic rings. The summed E-state index contributed by atoms with van der Waals surface area (Å²) in [7, 11) is 0. The van der Waals surface area contributed by atoms with Crippen molar-refractivity contribution < 1.29 is 0 Å². The Hall–Kier alpha value is -1.73. The quantitative estimate of drug-likeness (QED) is 0.569. The van der Waals surface area contributed by atoms with E-state index in [9.17, 15) is 0 Å². The summed E-state index contributed by atoms with van der Waals surface area (Å²) in [5.41, 5.74) is 7.84. The van der Waals surface area contributed by atoms with E-state index in [0.717, 1.165) is 43.2 Å². The summed E-state index contributed by atoms with van der Waals surface area (Å²) in [5, 5.41) is 17.2. The third kappa shape index (κ3) is 4.14. The number of nitrogen functional groups attached to an aromatic ring is 1. The highest BCUT2D eigenvalue weighted by molar-refractivity contribution is 7.15. The lowest BCUT2D eigenvalue weighted by Crippen LogP contribution is -2.15. The van der Waals surface area contributed by atoms with Gasteiger partial charge in [-0.25, -0.2) is 0 Å². The van der Waals surface area contributed by atoms with Crippen LogP contribution in [0.1, 0.15) is 22.7 Å². The van der Waals surface area contributed by atoms with E-state index in [2.05, 4.69) is 33.4 Å². The second kappa shape index (κ2) is 7.16. The first-order valence-corrected chi connectivity index (χ1v) is 7.43. The van der Waals surface area contributed by atoms with Gasteiger partial charge in [0.2, 0.25) is 5.13 Å². The zero-order valence-corrected chi connectivity index (χ0v) is 12.5. The first kappa shape index (κ1) is 14.7. The zero-order valence-electron chi connectivity index (χ0n) is 11.7. The second-order valence-corrected chi connectivity index (χ2v) is 5.66. The Kier molecular flexibility index (Phi) is 5.25. The van der Waals surface area contributed by atoms with E-state index in [1.165, 1.54) is 16.9 Å². The molecule has 0 fully saturated rings. The average molecular weight is 292 g/mol. The first-order valence-electron chi connectivity index (χ1n) is 6.61. The van der Waals surface area contributed by atoms with Crippen LogP contribution in [0.5, 0.6) is 0 Å². The van der Waals surface area contributed by atoms with Gasteiger partial charge in [-0.1, -0.05) is 17.4 Å². The number of hydrogen-bond donors (Lipinski definition) is 2. The molecule has 2 heterocycles. The number of rotatable bonds is 8. The molecule has 0 spiro atoms. The fourth-order valence-corrected chi connectivity index (χ4v) is 2.56. The smallest absolute Gasteiger partial charge is 0.203 e. The molecule has 7 heteroatoms. The van der Waals surface area contributed by atoms with Crippen molar-refractivity contribution in [2.75, 3.05) is 12.3 Å². The fourth-order valence-electron chi connectivity index (χ4n) is 1.91. The Morgan fingerprint density at radius 1 is 1.50 bits per heavy atom. The lowest BCUT2D eigenvalue weighted by Gasteiger charge is -2.02. The van der Waals surface area contributed by atoms with E-state index >= 15 is 0 Å². The third-order valence-electron chi connectivity index (χ3n) is 2.91. The predicted molar refractivity (Wildman–Crippen MR) is 81.5 cm³/mol. The molecule has 3 N–H and O–H groups in total. The number of aromatic nitrogens is 4. The highest BCUT2D eigenvalue weighted by Crippen LogP contribution is 2.12. The van der Waals surface area contributed by atoms with Crippen LogP contribution in [0.15, 0.2) is 18.9 Å². The van der Waals surface area contributed by atoms with Gasteiger partial charge < -0.3 is 11.1 Å². The minimum Gasteiger partial charge on any atom is -0.374 e. The van der Waals surface area contributed by atoms with Crippen molar-refractivity contribution in [3.63, 3.8) is 0 Å². The van der Waals surface area contributed by atoms with Gasteiger partial charge in [0.1, 0.15) is 5.01 Å². The van der Waals surface area contributed by atoms with Gasteiger partial charge in [-0.3, -0.25) is 4.68 Å². The molecule has 0 aliphatic heterocycles. The van der Waals surface area contributed by atoms with Crippen molar-refractivity contribution in [2.24, 2.45) is 0 Å². The lowest BCUT2D eigenvalue weighted by atomic mass is 10.2. The summed E-state index contributed by atoms with van der Waals surface area (Å²) in [4.78, 5) is 0. The first-order chi connectivity index (χ1) is 9.69. The summed E-state index contributed by atoms with van der Waals surface area (Å²) >= 11 is 1.46. The predicted octanol–water partition coefficient (Wildman–Crippen LogP) is 1.53. The number of nitrogens with two attached hydrogens (primary N) is 1. The molecule has 0 radical (unpaired) electrons. The maximum absolute atomic E-state index is 5.54. The van der Waals surface area contributed by atoms with Crippen LogP contribution in [0.2, 0.25) is 0 Å². The van der Waals surface area contributed by atoms with E-state index in [1.54, 1.807) is 0 Å². The third-order valence-corrected chi connectivity index (χ3v) is 3.72. The largest absolute Gasteiger partial charge is 0.374 e. The van der Waals surface area contributed by atoms with Gasteiger partial charge in [0.15, 0.2) is 0 Å². The molecule has 0 amide bonds. The zero-order chi connectivity index (χ0) is 14.4. The van der Waals surface area contributed by atoms with E-state index < -0.39 is 0 Å². The van der Waals surface area contributed by atoms with Crippen molar-refractivity contribution in [1.29, 1.82) is 0 Å². The van der Waals surface area contributed by atoms with Crippen LogP contribution in [-0.2, 0) is 19.5 Å². The molecule has 0 aromatic carbocycles. The summed E-state index contributed by atoms with van der Waals surface area (Å²) in [6, 6.07) is 0. The van der Waals surface area contributed by atoms with Gasteiger partial charge in [-0.2, -0.15) is 5.10 Å². The lowest BCUT2D eigenvalue weighted by molar-refractivity contribution is 0.644. The highest BCUT2D eigenvalue weighted by atomic mass is 32.1. The van der Waals surface area contributed by atoms with Gasteiger partial charge in [-0.15, -0.1) is 16.8 Å². The number of nitrogens with one attached hydrogen (secondary N) is 1. The molecule has 0 bridgehead atoms. The monoisotopic (exact) mass is 292 g/mol. The molecule has 2 rings (SSSR count). The molecule has 6 nitrogen and oxygen atoms in total. The van der Waals surface area contributed by atoms with Crippen molar-refractivity contribution in [3.05, 3.63) is 35.1 Å². The Morgan fingerprint density at radius 3 is 3.05 bits per heavy atom. The van der Waals surface area contributed by atoms with Gasteiger partial charge in [0.05, 0.1) is 12.2 Å². The maximum atomic E-state index is 5.54. The summed E-state index contributed by atoms with van der Waals surface area (Å²) < 4.78 is 1.91. The van der Waals surface area contributed by atoms with Crippen LogP contribution in [-0.4, -0.2) is 26.5 Å². The normalized spacial score (nSPS) is 10.8. The molecular weight excluding hydrogens is 272 g/mol. The molecule has 2 aromatic rings. The average Bonchev–Trinajstić information content (AvgIpc) is 2.97. The molecular formula is C13H20N6S. The number of allylic oxidation sites excluding steroid dienone is 1. The number of hydrogen-bond acceptors (Lipinski definition) is 6. The van der Waals surface area contributed by atoms with Crippen LogP contribution in [0.4, 0.5) is 5.13 Å². The molecule has 20 heavy (non-hydrogen) atoms. The van der Waals surface area contributed by atoms with Crippen LogP contribution in [0.3, 0.4) is 0 Å². The molecule has 0 atom stereocenters. The minimum atomic E-state index is 0.540. The summed E-state index contributed by atoms with van der Waals surface area (Å²) in [5.74, 6) is 0. The maximum Gasteiger partial charge on any atom is 0.203 e. The number of aryl methyl sites for hydroxylation is 2. The second-order valence-electron chi connectivity index (χ2n) is 4.56. The van der Waals surface area contributed by atoms with Crippen molar-refractivity contribution >= 4 is 16.5 Å². The van der Waals surface area contributed by atoms with Crippen LogP contribution in [0, 0.1) is 6.92 Å². The van der Waals surface area contributed by atoms with Crippen LogP contribution in [0.25, 0.3) is 0 Å². The highest BCUT2D eigenvalue weighted by Gasteiger charge is 2.04. The van der Waals surface area contributed by atoms with Gasteiger partial charge in [-0.05, 0) is 19.9 Å². The molecule has 0 aliphatic carbocycles. The summed E-state index contributed by atoms with van der Waals surface area (Å²) in [6.07, 6.45) is 5.85. The Morgan fingerprint density at radius 2 is 2.35 bits per heavy atom. The SMILES string of the molecule is C=CCn1cc(CNCCCc2nnc(N)s2)c(C)n1.